The molecule has 106 valence electrons. The molecule has 1 aliphatic rings. The molecule has 0 amide bonds. The fraction of sp³-hybridized carbons (Fsp3) is 0.571. The highest BCUT2D eigenvalue weighted by Crippen LogP contribution is 2.08. The zero-order valence-corrected chi connectivity index (χ0v) is 10.9. The summed E-state index contributed by atoms with van der Waals surface area (Å²) in [6.45, 7) is 4.07. The monoisotopic (exact) mass is 269 g/mol. The van der Waals surface area contributed by atoms with Crippen molar-refractivity contribution < 1.29 is 19.0 Å². The van der Waals surface area contributed by atoms with Gasteiger partial charge in [0.25, 0.3) is 0 Å². The first-order valence-electron chi connectivity index (χ1n) is 6.55. The smallest absolute Gasteiger partial charge is 0.128 e. The van der Waals surface area contributed by atoms with E-state index in [1.165, 1.54) is 6.07 Å². The van der Waals surface area contributed by atoms with E-state index in [1.54, 1.807) is 18.2 Å². The van der Waals surface area contributed by atoms with Gasteiger partial charge < -0.3 is 14.6 Å². The van der Waals surface area contributed by atoms with E-state index in [4.69, 9.17) is 9.47 Å². The van der Waals surface area contributed by atoms with E-state index in [1.807, 2.05) is 0 Å². The molecule has 2 rings (SSSR count). The Bertz CT molecular complexity index is 383. The number of benzene rings is 1. The molecule has 0 saturated carbocycles. The number of halogens is 1. The second-order valence-corrected chi connectivity index (χ2v) is 4.67. The zero-order valence-electron chi connectivity index (χ0n) is 10.9. The van der Waals surface area contributed by atoms with E-state index < -0.39 is 6.10 Å². The summed E-state index contributed by atoms with van der Waals surface area (Å²) in [5.74, 6) is -0.273. The molecule has 19 heavy (non-hydrogen) atoms. The van der Waals surface area contributed by atoms with Crippen LogP contribution in [0.25, 0.3) is 0 Å². The quantitative estimate of drug-likeness (QED) is 0.838. The molecule has 5 heteroatoms. The molecule has 0 aliphatic carbocycles. The second kappa shape index (κ2) is 7.55. The Morgan fingerprint density at radius 3 is 2.79 bits per heavy atom. The van der Waals surface area contributed by atoms with Crippen LogP contribution in [-0.2, 0) is 16.1 Å². The highest BCUT2D eigenvalue weighted by atomic mass is 19.1. The van der Waals surface area contributed by atoms with Crippen LogP contribution in [0.15, 0.2) is 24.3 Å². The molecule has 4 nitrogen and oxygen atoms in total. The van der Waals surface area contributed by atoms with Gasteiger partial charge in [0.15, 0.2) is 0 Å². The molecule has 1 aromatic carbocycles. The maximum atomic E-state index is 13.3. The highest BCUT2D eigenvalue weighted by molar-refractivity contribution is 5.16. The van der Waals surface area contributed by atoms with Gasteiger partial charge in [0.2, 0.25) is 0 Å². The lowest BCUT2D eigenvalue weighted by Gasteiger charge is -2.28. The molecular formula is C14H20FNO3. The molecule has 1 unspecified atom stereocenters. The summed E-state index contributed by atoms with van der Waals surface area (Å²) in [7, 11) is 0. The molecule has 1 saturated heterocycles. The molecule has 1 heterocycles. The van der Waals surface area contributed by atoms with E-state index in [0.717, 1.165) is 13.1 Å². The van der Waals surface area contributed by atoms with Crippen molar-refractivity contribution in [3.8, 4) is 0 Å². The van der Waals surface area contributed by atoms with Crippen molar-refractivity contribution in [3.05, 3.63) is 35.6 Å². The van der Waals surface area contributed by atoms with Crippen molar-refractivity contribution in [2.45, 2.75) is 12.7 Å². The van der Waals surface area contributed by atoms with Crippen LogP contribution in [0.4, 0.5) is 4.39 Å². The first kappa shape index (κ1) is 14.4. The van der Waals surface area contributed by atoms with Crippen LogP contribution >= 0.6 is 0 Å². The highest BCUT2D eigenvalue weighted by Gasteiger charge is 2.15. The van der Waals surface area contributed by atoms with Gasteiger partial charge in [-0.25, -0.2) is 4.39 Å². The van der Waals surface area contributed by atoms with Gasteiger partial charge >= 0.3 is 0 Å². The van der Waals surface area contributed by atoms with Crippen LogP contribution in [0.1, 0.15) is 5.56 Å². The Morgan fingerprint density at radius 1 is 1.32 bits per heavy atom. The van der Waals surface area contributed by atoms with Gasteiger partial charge in [-0.15, -0.1) is 0 Å². The van der Waals surface area contributed by atoms with Gasteiger partial charge in [-0.2, -0.15) is 0 Å². The number of rotatable bonds is 6. The molecule has 0 bridgehead atoms. The lowest BCUT2D eigenvalue weighted by atomic mass is 10.2. The fourth-order valence-electron chi connectivity index (χ4n) is 2.05. The molecule has 0 aromatic heterocycles. The number of aliphatic hydroxyl groups excluding tert-OH is 1. The topological polar surface area (TPSA) is 41.9 Å². The van der Waals surface area contributed by atoms with Gasteiger partial charge in [0, 0.05) is 25.2 Å². The maximum absolute atomic E-state index is 13.3. The second-order valence-electron chi connectivity index (χ2n) is 4.67. The Kier molecular flexibility index (Phi) is 5.72. The van der Waals surface area contributed by atoms with Gasteiger partial charge in [-0.1, -0.05) is 18.2 Å². The molecule has 1 aliphatic heterocycles. The first-order valence-corrected chi connectivity index (χ1v) is 6.55. The maximum Gasteiger partial charge on any atom is 0.128 e. The van der Waals surface area contributed by atoms with Crippen molar-refractivity contribution in [1.82, 2.24) is 4.90 Å². The predicted molar refractivity (Wildman–Crippen MR) is 69.3 cm³/mol. The summed E-state index contributed by atoms with van der Waals surface area (Å²) in [4.78, 5) is 2.14. The lowest BCUT2D eigenvalue weighted by Crippen LogP contribution is -2.42. The number of β-amino-alcohol motifs (C(OH)–C–C–N with tert-alkyl or cyclic N) is 1. The van der Waals surface area contributed by atoms with E-state index >= 15 is 0 Å². The number of hydrogen-bond acceptors (Lipinski definition) is 4. The Labute approximate surface area is 112 Å². The SMILES string of the molecule is OC(COCc1ccccc1F)CN1CCOCC1. The third-order valence-electron chi connectivity index (χ3n) is 3.10. The van der Waals surface area contributed by atoms with E-state index in [9.17, 15) is 9.50 Å². The Hall–Kier alpha value is -1.01. The average Bonchev–Trinajstić information content (AvgIpc) is 2.42. The third-order valence-corrected chi connectivity index (χ3v) is 3.10. The van der Waals surface area contributed by atoms with Crippen molar-refractivity contribution in [2.75, 3.05) is 39.5 Å². The van der Waals surface area contributed by atoms with Crippen LogP contribution < -0.4 is 0 Å². The van der Waals surface area contributed by atoms with Crippen molar-refractivity contribution in [2.24, 2.45) is 0 Å². The van der Waals surface area contributed by atoms with Crippen LogP contribution in [0.3, 0.4) is 0 Å². The van der Waals surface area contributed by atoms with Crippen LogP contribution in [0.2, 0.25) is 0 Å². The molecule has 1 atom stereocenters. The normalized spacial score (nSPS) is 18.4. The standard InChI is InChI=1S/C14H20FNO3/c15-14-4-2-1-3-12(14)10-19-11-13(17)9-16-5-7-18-8-6-16/h1-4,13,17H,5-11H2. The van der Waals surface area contributed by atoms with Gasteiger partial charge in [0.1, 0.15) is 5.82 Å². The lowest BCUT2D eigenvalue weighted by molar-refractivity contribution is -0.0178. The van der Waals surface area contributed by atoms with E-state index in [-0.39, 0.29) is 19.0 Å². The number of aliphatic hydroxyl groups is 1. The van der Waals surface area contributed by atoms with E-state index in [2.05, 4.69) is 4.90 Å². The van der Waals surface area contributed by atoms with Crippen LogP contribution in [0, 0.1) is 5.82 Å². The number of morpholine rings is 1. The summed E-state index contributed by atoms with van der Waals surface area (Å²) in [5.41, 5.74) is 0.515. The minimum absolute atomic E-state index is 0.187. The summed E-state index contributed by atoms with van der Waals surface area (Å²) in [6, 6.07) is 6.50. The van der Waals surface area contributed by atoms with Crippen molar-refractivity contribution in [3.63, 3.8) is 0 Å². The van der Waals surface area contributed by atoms with Crippen molar-refractivity contribution >= 4 is 0 Å². The first-order chi connectivity index (χ1) is 9.25. The Balaban J connectivity index is 1.66. The fourth-order valence-corrected chi connectivity index (χ4v) is 2.05. The van der Waals surface area contributed by atoms with Crippen molar-refractivity contribution in [1.29, 1.82) is 0 Å². The number of ether oxygens (including phenoxy) is 2. The van der Waals surface area contributed by atoms with Gasteiger partial charge in [-0.05, 0) is 6.07 Å². The molecule has 1 fully saturated rings. The van der Waals surface area contributed by atoms with Crippen LogP contribution in [-0.4, -0.2) is 55.6 Å². The average molecular weight is 269 g/mol. The summed E-state index contributed by atoms with van der Waals surface area (Å²) < 4.78 is 23.9. The van der Waals surface area contributed by atoms with Crippen LogP contribution in [0.5, 0.6) is 0 Å². The predicted octanol–water partition coefficient (Wildman–Crippen LogP) is 1.04. The Morgan fingerprint density at radius 2 is 2.05 bits per heavy atom. The van der Waals surface area contributed by atoms with Gasteiger partial charge in [0.05, 0.1) is 32.5 Å². The zero-order chi connectivity index (χ0) is 13.5. The summed E-state index contributed by atoms with van der Waals surface area (Å²) >= 11 is 0. The largest absolute Gasteiger partial charge is 0.389 e. The number of nitrogens with zero attached hydrogens (tertiary/aromatic N) is 1. The molecule has 1 N–H and O–H groups in total. The number of hydrogen-bond donors (Lipinski definition) is 1. The molecule has 0 spiro atoms. The minimum atomic E-state index is -0.551. The van der Waals surface area contributed by atoms with Gasteiger partial charge in [-0.3, -0.25) is 4.90 Å². The molecular weight excluding hydrogens is 249 g/mol. The molecule has 0 radical (unpaired) electrons. The molecule has 1 aromatic rings. The summed E-state index contributed by atoms with van der Waals surface area (Å²) in [6.07, 6.45) is -0.551. The minimum Gasteiger partial charge on any atom is -0.389 e. The summed E-state index contributed by atoms with van der Waals surface area (Å²) in [5, 5.41) is 9.85. The third kappa shape index (κ3) is 4.87. The van der Waals surface area contributed by atoms with E-state index in [0.29, 0.717) is 25.3 Å².